The van der Waals surface area contributed by atoms with E-state index in [2.05, 4.69) is 10.4 Å². The molecule has 122 valence electrons. The van der Waals surface area contributed by atoms with Gasteiger partial charge in [0.25, 0.3) is 5.91 Å². The smallest absolute Gasteiger partial charge is 0.256 e. The predicted molar refractivity (Wildman–Crippen MR) is 96.7 cm³/mol. The zero-order chi connectivity index (χ0) is 17.1. The Morgan fingerprint density at radius 1 is 1.12 bits per heavy atom. The van der Waals surface area contributed by atoms with Gasteiger partial charge in [0.15, 0.2) is 5.82 Å². The maximum Gasteiger partial charge on any atom is 0.256 e. The van der Waals surface area contributed by atoms with E-state index in [1.54, 1.807) is 6.07 Å². The van der Waals surface area contributed by atoms with Gasteiger partial charge in [0.1, 0.15) is 0 Å². The Bertz CT molecular complexity index is 869. The van der Waals surface area contributed by atoms with Gasteiger partial charge < -0.3 is 5.32 Å². The first-order valence-electron chi connectivity index (χ1n) is 7.68. The van der Waals surface area contributed by atoms with Crippen LogP contribution in [0.4, 0.5) is 5.82 Å². The lowest BCUT2D eigenvalue weighted by atomic mass is 10.1. The van der Waals surface area contributed by atoms with Gasteiger partial charge in [-0.3, -0.25) is 9.48 Å². The molecular weight excluding hydrogens is 322 g/mol. The number of nitrogens with zero attached hydrogens (tertiary/aromatic N) is 2. The summed E-state index contributed by atoms with van der Waals surface area (Å²) < 4.78 is 1.86. The average Bonchev–Trinajstić information content (AvgIpc) is 2.89. The van der Waals surface area contributed by atoms with Crippen LogP contribution in [0.2, 0.25) is 5.02 Å². The molecule has 0 aliphatic rings. The van der Waals surface area contributed by atoms with Crippen molar-refractivity contribution in [3.8, 4) is 0 Å². The molecule has 1 aromatic heterocycles. The molecule has 0 saturated carbocycles. The van der Waals surface area contributed by atoms with Crippen LogP contribution in [0.1, 0.15) is 27.2 Å². The number of aromatic nitrogens is 2. The van der Waals surface area contributed by atoms with Gasteiger partial charge >= 0.3 is 0 Å². The number of carbonyl (C=O) groups excluding carboxylic acids is 1. The molecule has 0 radical (unpaired) electrons. The summed E-state index contributed by atoms with van der Waals surface area (Å²) in [6, 6.07) is 17.0. The maximum absolute atomic E-state index is 12.3. The van der Waals surface area contributed by atoms with E-state index in [9.17, 15) is 4.79 Å². The first-order chi connectivity index (χ1) is 11.5. The fraction of sp³-hybridized carbons (Fsp3) is 0.158. The van der Waals surface area contributed by atoms with Crippen molar-refractivity contribution in [2.45, 2.75) is 20.4 Å². The van der Waals surface area contributed by atoms with E-state index in [-0.39, 0.29) is 5.91 Å². The normalized spacial score (nSPS) is 10.6. The minimum Gasteiger partial charge on any atom is -0.305 e. The van der Waals surface area contributed by atoms with E-state index in [1.807, 2.05) is 67.1 Å². The van der Waals surface area contributed by atoms with Gasteiger partial charge in [0, 0.05) is 22.3 Å². The summed E-state index contributed by atoms with van der Waals surface area (Å²) in [6.07, 6.45) is 0. The highest BCUT2D eigenvalue weighted by Gasteiger charge is 2.10. The highest BCUT2D eigenvalue weighted by Crippen LogP contribution is 2.15. The summed E-state index contributed by atoms with van der Waals surface area (Å²) in [4.78, 5) is 12.3. The second-order valence-electron chi connectivity index (χ2n) is 5.78. The Morgan fingerprint density at radius 3 is 2.58 bits per heavy atom. The number of hydrogen-bond acceptors (Lipinski definition) is 2. The number of carbonyl (C=O) groups is 1. The van der Waals surface area contributed by atoms with Gasteiger partial charge in [0.2, 0.25) is 0 Å². The number of amides is 1. The fourth-order valence-corrected chi connectivity index (χ4v) is 2.59. The van der Waals surface area contributed by atoms with E-state index >= 15 is 0 Å². The van der Waals surface area contributed by atoms with Gasteiger partial charge in [0.05, 0.1) is 6.54 Å². The molecule has 4 nitrogen and oxygen atoms in total. The summed E-state index contributed by atoms with van der Waals surface area (Å²) in [5, 5.41) is 8.03. The first kappa shape index (κ1) is 16.3. The summed E-state index contributed by atoms with van der Waals surface area (Å²) in [5.74, 6) is 0.391. The van der Waals surface area contributed by atoms with E-state index in [1.165, 1.54) is 0 Å². The molecule has 0 aliphatic carbocycles. The van der Waals surface area contributed by atoms with Gasteiger partial charge in [-0.1, -0.05) is 41.4 Å². The van der Waals surface area contributed by atoms with Crippen LogP contribution >= 0.6 is 11.6 Å². The molecule has 24 heavy (non-hydrogen) atoms. The van der Waals surface area contributed by atoms with Crippen LogP contribution in [-0.2, 0) is 6.54 Å². The zero-order valence-corrected chi connectivity index (χ0v) is 14.3. The van der Waals surface area contributed by atoms with Gasteiger partial charge in [-0.15, -0.1) is 0 Å². The Hall–Kier alpha value is -2.59. The Labute approximate surface area is 146 Å². The van der Waals surface area contributed by atoms with Crippen molar-refractivity contribution in [1.29, 1.82) is 0 Å². The molecule has 0 bridgehead atoms. The minimum absolute atomic E-state index is 0.158. The topological polar surface area (TPSA) is 46.9 Å². The number of anilines is 1. The van der Waals surface area contributed by atoms with Crippen molar-refractivity contribution in [2.24, 2.45) is 0 Å². The zero-order valence-electron chi connectivity index (χ0n) is 13.6. The van der Waals surface area contributed by atoms with Crippen LogP contribution in [0.3, 0.4) is 0 Å². The van der Waals surface area contributed by atoms with Crippen molar-refractivity contribution in [2.75, 3.05) is 5.32 Å². The summed E-state index contributed by atoms with van der Waals surface area (Å²) in [7, 11) is 0. The summed E-state index contributed by atoms with van der Waals surface area (Å²) >= 11 is 5.91. The molecular formula is C19H18ClN3O. The SMILES string of the molecule is Cc1cccc(C(=O)Nc2cc(C)n(Cc3ccc(Cl)cc3)n2)c1. The standard InChI is InChI=1S/C19H18ClN3O/c1-13-4-3-5-16(10-13)19(24)21-18-11-14(2)23(22-18)12-15-6-8-17(20)9-7-15/h3-11H,12H2,1-2H3,(H,21,22,24). The van der Waals surface area contributed by atoms with Crippen molar-refractivity contribution < 1.29 is 4.79 Å². The van der Waals surface area contributed by atoms with Crippen LogP contribution in [0.15, 0.2) is 54.6 Å². The number of nitrogens with one attached hydrogen (secondary N) is 1. The van der Waals surface area contributed by atoms with E-state index in [0.717, 1.165) is 16.8 Å². The molecule has 1 amide bonds. The van der Waals surface area contributed by atoms with E-state index in [0.29, 0.717) is 22.9 Å². The van der Waals surface area contributed by atoms with Crippen molar-refractivity contribution in [3.63, 3.8) is 0 Å². The molecule has 0 aliphatic heterocycles. The van der Waals surface area contributed by atoms with E-state index in [4.69, 9.17) is 11.6 Å². The van der Waals surface area contributed by atoms with Gasteiger partial charge in [-0.2, -0.15) is 5.10 Å². The van der Waals surface area contributed by atoms with Crippen LogP contribution in [0.5, 0.6) is 0 Å². The summed E-state index contributed by atoms with van der Waals surface area (Å²) in [6.45, 7) is 4.55. The predicted octanol–water partition coefficient (Wildman–Crippen LogP) is 4.45. The third kappa shape index (κ3) is 3.84. The van der Waals surface area contributed by atoms with Gasteiger partial charge in [-0.05, 0) is 43.7 Å². The lowest BCUT2D eigenvalue weighted by Crippen LogP contribution is -2.13. The van der Waals surface area contributed by atoms with E-state index < -0.39 is 0 Å². The van der Waals surface area contributed by atoms with Crippen LogP contribution in [0, 0.1) is 13.8 Å². The highest BCUT2D eigenvalue weighted by molar-refractivity contribution is 6.30. The fourth-order valence-electron chi connectivity index (χ4n) is 2.47. The van der Waals surface area contributed by atoms with Crippen LogP contribution < -0.4 is 5.32 Å². The Morgan fingerprint density at radius 2 is 1.88 bits per heavy atom. The lowest BCUT2D eigenvalue weighted by molar-refractivity contribution is 0.102. The molecule has 1 heterocycles. The number of aryl methyl sites for hydroxylation is 2. The molecule has 5 heteroatoms. The molecule has 0 unspecified atom stereocenters. The maximum atomic E-state index is 12.3. The second-order valence-corrected chi connectivity index (χ2v) is 6.22. The summed E-state index contributed by atoms with van der Waals surface area (Å²) in [5.41, 5.74) is 3.75. The lowest BCUT2D eigenvalue weighted by Gasteiger charge is -2.05. The molecule has 3 aromatic rings. The van der Waals surface area contributed by atoms with Crippen LogP contribution in [0.25, 0.3) is 0 Å². The number of hydrogen-bond donors (Lipinski definition) is 1. The molecule has 3 rings (SSSR count). The molecule has 1 N–H and O–H groups in total. The number of halogens is 1. The molecule has 0 spiro atoms. The van der Waals surface area contributed by atoms with Crippen molar-refractivity contribution in [1.82, 2.24) is 9.78 Å². The largest absolute Gasteiger partial charge is 0.305 e. The second kappa shape index (κ2) is 6.89. The first-order valence-corrected chi connectivity index (χ1v) is 8.06. The Balaban J connectivity index is 1.74. The average molecular weight is 340 g/mol. The molecule has 0 atom stereocenters. The van der Waals surface area contributed by atoms with Crippen LogP contribution in [-0.4, -0.2) is 15.7 Å². The van der Waals surface area contributed by atoms with Gasteiger partial charge in [-0.25, -0.2) is 0 Å². The van der Waals surface area contributed by atoms with Crippen molar-refractivity contribution in [3.05, 3.63) is 82.0 Å². The molecule has 0 saturated heterocycles. The third-order valence-electron chi connectivity index (χ3n) is 3.75. The molecule has 2 aromatic carbocycles. The monoisotopic (exact) mass is 339 g/mol. The quantitative estimate of drug-likeness (QED) is 0.763. The highest BCUT2D eigenvalue weighted by atomic mass is 35.5. The Kier molecular flexibility index (Phi) is 4.67. The third-order valence-corrected chi connectivity index (χ3v) is 4.00. The minimum atomic E-state index is -0.158. The van der Waals surface area contributed by atoms with Crippen molar-refractivity contribution >= 4 is 23.3 Å². The number of benzene rings is 2. The molecule has 0 fully saturated rings. The number of rotatable bonds is 4.